The molecule has 0 unspecified atom stereocenters. The molecule has 3 aromatic heterocycles. The van der Waals surface area contributed by atoms with Gasteiger partial charge >= 0.3 is 0 Å². The number of rotatable bonds is 5. The summed E-state index contributed by atoms with van der Waals surface area (Å²) in [5.41, 5.74) is 2.94. The number of thiazole rings is 2. The van der Waals surface area contributed by atoms with E-state index in [2.05, 4.69) is 9.97 Å². The van der Waals surface area contributed by atoms with Crippen molar-refractivity contribution in [1.29, 1.82) is 0 Å². The third-order valence-corrected chi connectivity index (χ3v) is 5.76. The molecule has 0 radical (unpaired) electrons. The van der Waals surface area contributed by atoms with Crippen LogP contribution in [0.3, 0.4) is 0 Å². The van der Waals surface area contributed by atoms with E-state index in [9.17, 15) is 0 Å². The van der Waals surface area contributed by atoms with Gasteiger partial charge in [0, 0.05) is 35.1 Å². The molecule has 0 N–H and O–H groups in total. The summed E-state index contributed by atoms with van der Waals surface area (Å²) in [5.74, 6) is 1.39. The average molecular weight is 381 g/mol. The van der Waals surface area contributed by atoms with Crippen LogP contribution in [0.25, 0.3) is 31.7 Å². The number of pyridine rings is 1. The molecule has 0 spiro atoms. The second-order valence-electron chi connectivity index (χ2n) is 5.38. The third kappa shape index (κ3) is 3.18. The van der Waals surface area contributed by atoms with Gasteiger partial charge in [0.1, 0.15) is 10.0 Å². The number of benzene rings is 1. The van der Waals surface area contributed by atoms with E-state index >= 15 is 0 Å². The van der Waals surface area contributed by atoms with Crippen LogP contribution in [0.5, 0.6) is 11.5 Å². The van der Waals surface area contributed by atoms with Gasteiger partial charge in [-0.2, -0.15) is 0 Å². The molecule has 130 valence electrons. The fourth-order valence-corrected chi connectivity index (χ4v) is 4.26. The van der Waals surface area contributed by atoms with Crippen molar-refractivity contribution in [1.82, 2.24) is 15.0 Å². The molecule has 1 aromatic carbocycles. The largest absolute Gasteiger partial charge is 0.493 e. The SMILES string of the molecule is COc1ccc(-c2ncc(-c3csc(-c4cccnc4)n3)s2)cc1OC. The molecular weight excluding hydrogens is 366 g/mol. The van der Waals surface area contributed by atoms with Crippen LogP contribution in [0.15, 0.2) is 54.3 Å². The summed E-state index contributed by atoms with van der Waals surface area (Å²) in [6, 6.07) is 9.73. The minimum atomic E-state index is 0.689. The lowest BCUT2D eigenvalue weighted by molar-refractivity contribution is 0.355. The van der Waals surface area contributed by atoms with E-state index in [-0.39, 0.29) is 0 Å². The second kappa shape index (κ2) is 7.23. The van der Waals surface area contributed by atoms with Crippen molar-refractivity contribution in [2.75, 3.05) is 14.2 Å². The molecule has 5 nitrogen and oxygen atoms in total. The molecule has 0 aliphatic heterocycles. The number of nitrogens with zero attached hydrogens (tertiary/aromatic N) is 3. The smallest absolute Gasteiger partial charge is 0.161 e. The normalized spacial score (nSPS) is 10.7. The van der Waals surface area contributed by atoms with E-state index in [1.165, 1.54) is 0 Å². The van der Waals surface area contributed by atoms with Crippen molar-refractivity contribution in [3.8, 4) is 43.2 Å². The first-order valence-electron chi connectivity index (χ1n) is 7.83. The molecule has 0 aliphatic rings. The zero-order chi connectivity index (χ0) is 17.9. The first kappa shape index (κ1) is 16.7. The molecule has 0 saturated carbocycles. The highest BCUT2D eigenvalue weighted by molar-refractivity contribution is 7.19. The van der Waals surface area contributed by atoms with Gasteiger partial charge in [-0.1, -0.05) is 0 Å². The highest BCUT2D eigenvalue weighted by Crippen LogP contribution is 2.37. The van der Waals surface area contributed by atoms with Gasteiger partial charge in [-0.15, -0.1) is 22.7 Å². The Labute approximate surface area is 158 Å². The number of hydrogen-bond donors (Lipinski definition) is 0. The molecule has 4 rings (SSSR count). The maximum Gasteiger partial charge on any atom is 0.161 e. The summed E-state index contributed by atoms with van der Waals surface area (Å²) < 4.78 is 10.7. The van der Waals surface area contributed by atoms with Gasteiger partial charge in [0.05, 0.1) is 24.8 Å². The Hall–Kier alpha value is -2.77. The molecule has 3 heterocycles. The molecule has 0 saturated heterocycles. The van der Waals surface area contributed by atoms with Crippen LogP contribution in [-0.4, -0.2) is 29.2 Å². The second-order valence-corrected chi connectivity index (χ2v) is 7.27. The lowest BCUT2D eigenvalue weighted by atomic mass is 10.2. The molecule has 4 aromatic rings. The van der Waals surface area contributed by atoms with Gasteiger partial charge in [0.2, 0.25) is 0 Å². The molecular formula is C19H15N3O2S2. The average Bonchev–Trinajstić information content (AvgIpc) is 3.37. The van der Waals surface area contributed by atoms with Crippen LogP contribution in [-0.2, 0) is 0 Å². The van der Waals surface area contributed by atoms with Crippen LogP contribution in [0.1, 0.15) is 0 Å². The van der Waals surface area contributed by atoms with Gasteiger partial charge in [0.15, 0.2) is 11.5 Å². The summed E-state index contributed by atoms with van der Waals surface area (Å²) in [5, 5.41) is 3.92. The van der Waals surface area contributed by atoms with Crippen molar-refractivity contribution in [3.05, 3.63) is 54.3 Å². The lowest BCUT2D eigenvalue weighted by Crippen LogP contribution is -1.90. The third-order valence-electron chi connectivity index (χ3n) is 3.80. The van der Waals surface area contributed by atoms with E-state index in [0.717, 1.165) is 31.7 Å². The summed E-state index contributed by atoms with van der Waals surface area (Å²) in [6.07, 6.45) is 5.44. The Balaban J connectivity index is 1.64. The van der Waals surface area contributed by atoms with Crippen LogP contribution < -0.4 is 9.47 Å². The Morgan fingerprint density at radius 2 is 1.81 bits per heavy atom. The van der Waals surface area contributed by atoms with Gasteiger partial charge in [-0.05, 0) is 30.3 Å². The van der Waals surface area contributed by atoms with E-state index in [4.69, 9.17) is 14.5 Å². The van der Waals surface area contributed by atoms with Crippen LogP contribution in [0.2, 0.25) is 0 Å². The summed E-state index contributed by atoms with van der Waals surface area (Å²) in [4.78, 5) is 14.5. The highest BCUT2D eigenvalue weighted by atomic mass is 32.1. The quantitative estimate of drug-likeness (QED) is 0.486. The predicted molar refractivity (Wildman–Crippen MR) is 105 cm³/mol. The monoisotopic (exact) mass is 381 g/mol. The molecule has 0 aliphatic carbocycles. The zero-order valence-electron chi connectivity index (χ0n) is 14.2. The topological polar surface area (TPSA) is 57.1 Å². The molecule has 0 fully saturated rings. The fourth-order valence-electron chi connectivity index (χ4n) is 2.50. The van der Waals surface area contributed by atoms with Crippen molar-refractivity contribution < 1.29 is 9.47 Å². The summed E-state index contributed by atoms with van der Waals surface area (Å²) in [6.45, 7) is 0. The Kier molecular flexibility index (Phi) is 4.64. The van der Waals surface area contributed by atoms with Gasteiger partial charge in [-0.3, -0.25) is 4.98 Å². The maximum atomic E-state index is 5.38. The van der Waals surface area contributed by atoms with E-state index < -0.39 is 0 Å². The van der Waals surface area contributed by atoms with Gasteiger partial charge in [-0.25, -0.2) is 9.97 Å². The van der Waals surface area contributed by atoms with Crippen LogP contribution in [0, 0.1) is 0 Å². The Morgan fingerprint density at radius 3 is 2.58 bits per heavy atom. The predicted octanol–water partition coefficient (Wildman–Crippen LogP) is 5.01. The van der Waals surface area contributed by atoms with Crippen molar-refractivity contribution in [2.45, 2.75) is 0 Å². The standard InChI is InChI=1S/C19H15N3O2S2/c1-23-15-6-5-12(8-16(15)24-2)18-21-10-17(26-18)14-11-25-19(22-14)13-4-3-7-20-9-13/h3-11H,1-2H3. The van der Waals surface area contributed by atoms with Gasteiger partial charge < -0.3 is 9.47 Å². The number of ether oxygens (including phenoxy) is 2. The van der Waals surface area contributed by atoms with Crippen molar-refractivity contribution in [2.24, 2.45) is 0 Å². The van der Waals surface area contributed by atoms with E-state index in [0.29, 0.717) is 11.5 Å². The van der Waals surface area contributed by atoms with E-state index in [1.807, 2.05) is 48.1 Å². The van der Waals surface area contributed by atoms with Gasteiger partial charge in [0.25, 0.3) is 0 Å². The highest BCUT2D eigenvalue weighted by Gasteiger charge is 2.13. The molecule has 0 amide bonds. The number of methoxy groups -OCH3 is 2. The van der Waals surface area contributed by atoms with E-state index in [1.54, 1.807) is 43.1 Å². The zero-order valence-corrected chi connectivity index (χ0v) is 15.8. The number of hydrogen-bond acceptors (Lipinski definition) is 7. The minimum absolute atomic E-state index is 0.689. The first-order chi connectivity index (χ1) is 12.8. The number of aromatic nitrogens is 3. The first-order valence-corrected chi connectivity index (χ1v) is 9.52. The molecule has 7 heteroatoms. The molecule has 0 bridgehead atoms. The Morgan fingerprint density at radius 1 is 0.923 bits per heavy atom. The lowest BCUT2D eigenvalue weighted by Gasteiger charge is -2.08. The van der Waals surface area contributed by atoms with Crippen LogP contribution in [0.4, 0.5) is 0 Å². The van der Waals surface area contributed by atoms with Crippen molar-refractivity contribution >= 4 is 22.7 Å². The fraction of sp³-hybridized carbons (Fsp3) is 0.105. The summed E-state index contributed by atoms with van der Waals surface area (Å²) in [7, 11) is 3.26. The van der Waals surface area contributed by atoms with Crippen molar-refractivity contribution in [3.63, 3.8) is 0 Å². The molecule has 0 atom stereocenters. The Bertz CT molecular complexity index is 1030. The minimum Gasteiger partial charge on any atom is -0.493 e. The maximum absolute atomic E-state index is 5.38. The molecule has 26 heavy (non-hydrogen) atoms. The summed E-state index contributed by atoms with van der Waals surface area (Å²) >= 11 is 3.21. The van der Waals surface area contributed by atoms with Crippen LogP contribution >= 0.6 is 22.7 Å².